The first-order valence-corrected chi connectivity index (χ1v) is 8.43. The van der Waals surface area contributed by atoms with Crippen LogP contribution in [0, 0.1) is 5.92 Å². The Morgan fingerprint density at radius 3 is 2.42 bits per heavy atom. The molecule has 19 heavy (non-hydrogen) atoms. The number of carbonyl (C=O) groups is 1. The zero-order chi connectivity index (χ0) is 13.7. The molecule has 0 saturated heterocycles. The third-order valence-corrected chi connectivity index (χ3v) is 5.05. The number of amides is 1. The molecule has 104 valence electrons. The second-order valence-electron chi connectivity index (χ2n) is 5.12. The maximum atomic E-state index is 11.9. The Morgan fingerprint density at radius 1 is 1.16 bits per heavy atom. The van der Waals surface area contributed by atoms with E-state index in [1.807, 2.05) is 6.07 Å². The summed E-state index contributed by atoms with van der Waals surface area (Å²) in [4.78, 5) is 11.7. The lowest BCUT2D eigenvalue weighted by atomic mass is 10.1. The highest BCUT2D eigenvalue weighted by atomic mass is 32.2. The molecule has 0 atom stereocenters. The maximum absolute atomic E-state index is 11.9. The van der Waals surface area contributed by atoms with Crippen molar-refractivity contribution < 1.29 is 13.2 Å². The number of sulfone groups is 1. The van der Waals surface area contributed by atoms with Gasteiger partial charge in [-0.1, -0.05) is 31.0 Å². The molecular formula is C14H19NO3S. The third-order valence-electron chi connectivity index (χ3n) is 3.37. The molecule has 1 aromatic rings. The van der Waals surface area contributed by atoms with Crippen molar-refractivity contribution in [3.8, 4) is 0 Å². The van der Waals surface area contributed by atoms with Crippen molar-refractivity contribution in [2.75, 3.05) is 16.8 Å². The van der Waals surface area contributed by atoms with Gasteiger partial charge in [-0.3, -0.25) is 4.79 Å². The summed E-state index contributed by atoms with van der Waals surface area (Å²) in [6.45, 7) is 0. The van der Waals surface area contributed by atoms with Crippen LogP contribution < -0.4 is 5.32 Å². The molecule has 0 spiro atoms. The van der Waals surface area contributed by atoms with Crippen molar-refractivity contribution in [1.82, 2.24) is 0 Å². The molecule has 0 unspecified atom stereocenters. The number of hydrogen-bond acceptors (Lipinski definition) is 3. The number of hydrogen-bond donors (Lipinski definition) is 1. The average molecular weight is 281 g/mol. The molecule has 0 aliphatic heterocycles. The third kappa shape index (κ3) is 4.67. The van der Waals surface area contributed by atoms with Gasteiger partial charge in [0.25, 0.3) is 0 Å². The van der Waals surface area contributed by atoms with Gasteiger partial charge in [-0.15, -0.1) is 0 Å². The molecule has 2 rings (SSSR count). The monoisotopic (exact) mass is 281 g/mol. The molecule has 0 heterocycles. The first-order chi connectivity index (χ1) is 9.05. The fourth-order valence-electron chi connectivity index (χ4n) is 2.51. The minimum atomic E-state index is -3.30. The summed E-state index contributed by atoms with van der Waals surface area (Å²) in [6, 6.07) is 8.90. The molecule has 4 nitrogen and oxygen atoms in total. The SMILES string of the molecule is O=C(CS(=O)(=O)CC1CCCC1)Nc1ccccc1. The Labute approximate surface area is 114 Å². The van der Waals surface area contributed by atoms with Gasteiger partial charge in [0.05, 0.1) is 5.75 Å². The fourth-order valence-corrected chi connectivity index (χ4v) is 4.15. The van der Waals surface area contributed by atoms with Crippen molar-refractivity contribution in [2.45, 2.75) is 25.7 Å². The van der Waals surface area contributed by atoms with E-state index in [4.69, 9.17) is 0 Å². The number of rotatable bonds is 5. The Kier molecular flexibility index (Phi) is 4.58. The molecule has 0 bridgehead atoms. The van der Waals surface area contributed by atoms with Gasteiger partial charge in [0.15, 0.2) is 9.84 Å². The highest BCUT2D eigenvalue weighted by Crippen LogP contribution is 2.26. The van der Waals surface area contributed by atoms with E-state index in [0.29, 0.717) is 5.69 Å². The van der Waals surface area contributed by atoms with Crippen LogP contribution in [0.4, 0.5) is 5.69 Å². The molecule has 1 aromatic carbocycles. The highest BCUT2D eigenvalue weighted by Gasteiger charge is 2.24. The maximum Gasteiger partial charge on any atom is 0.239 e. The Hall–Kier alpha value is -1.36. The topological polar surface area (TPSA) is 63.2 Å². The zero-order valence-corrected chi connectivity index (χ0v) is 11.7. The van der Waals surface area contributed by atoms with Crippen molar-refractivity contribution in [3.05, 3.63) is 30.3 Å². The van der Waals surface area contributed by atoms with Crippen LogP contribution in [0.1, 0.15) is 25.7 Å². The second kappa shape index (κ2) is 6.19. The quantitative estimate of drug-likeness (QED) is 0.900. The van der Waals surface area contributed by atoms with Crippen LogP contribution in [0.25, 0.3) is 0 Å². The van der Waals surface area contributed by atoms with E-state index in [0.717, 1.165) is 25.7 Å². The van der Waals surface area contributed by atoms with Crippen LogP contribution in [-0.2, 0) is 14.6 Å². The van der Waals surface area contributed by atoms with Gasteiger partial charge in [-0.25, -0.2) is 8.42 Å². The van der Waals surface area contributed by atoms with Crippen LogP contribution >= 0.6 is 0 Å². The summed E-state index contributed by atoms with van der Waals surface area (Å²) in [6.07, 6.45) is 4.16. The van der Waals surface area contributed by atoms with Gasteiger partial charge in [0, 0.05) is 5.69 Å². The Bertz CT molecular complexity index is 519. The Balaban J connectivity index is 1.87. The average Bonchev–Trinajstić information content (AvgIpc) is 2.81. The number of para-hydroxylation sites is 1. The van der Waals surface area contributed by atoms with E-state index in [-0.39, 0.29) is 11.7 Å². The van der Waals surface area contributed by atoms with E-state index < -0.39 is 21.5 Å². The van der Waals surface area contributed by atoms with Crippen LogP contribution in [-0.4, -0.2) is 25.8 Å². The molecule has 1 amide bonds. The number of carbonyl (C=O) groups excluding carboxylic acids is 1. The minimum absolute atomic E-state index is 0.148. The first-order valence-electron chi connectivity index (χ1n) is 6.60. The van der Waals surface area contributed by atoms with E-state index in [2.05, 4.69) is 5.32 Å². The van der Waals surface area contributed by atoms with Crippen LogP contribution in [0.5, 0.6) is 0 Å². The number of anilines is 1. The van der Waals surface area contributed by atoms with Crippen molar-refractivity contribution in [2.24, 2.45) is 5.92 Å². The van der Waals surface area contributed by atoms with E-state index in [9.17, 15) is 13.2 Å². The van der Waals surface area contributed by atoms with Gasteiger partial charge in [0.1, 0.15) is 5.75 Å². The van der Waals surface area contributed by atoms with Crippen molar-refractivity contribution >= 4 is 21.4 Å². The molecule has 0 radical (unpaired) electrons. The van der Waals surface area contributed by atoms with E-state index in [1.165, 1.54) is 0 Å². The Morgan fingerprint density at radius 2 is 1.79 bits per heavy atom. The fraction of sp³-hybridized carbons (Fsp3) is 0.500. The lowest BCUT2D eigenvalue weighted by molar-refractivity contribution is -0.113. The lowest BCUT2D eigenvalue weighted by Gasteiger charge is -2.10. The summed E-state index contributed by atoms with van der Waals surface area (Å²) in [5.41, 5.74) is 0.628. The predicted octanol–water partition coefficient (Wildman–Crippen LogP) is 2.23. The highest BCUT2D eigenvalue weighted by molar-refractivity contribution is 7.92. The molecule has 1 aliphatic carbocycles. The summed E-state index contributed by atoms with van der Waals surface area (Å²) < 4.78 is 23.9. The van der Waals surface area contributed by atoms with Crippen molar-refractivity contribution in [3.63, 3.8) is 0 Å². The molecular weight excluding hydrogens is 262 g/mol. The summed E-state index contributed by atoms with van der Waals surface area (Å²) in [7, 11) is -3.30. The molecule has 1 saturated carbocycles. The number of benzene rings is 1. The summed E-state index contributed by atoms with van der Waals surface area (Å²) >= 11 is 0. The first kappa shape index (κ1) is 14.1. The van der Waals surface area contributed by atoms with E-state index >= 15 is 0 Å². The molecule has 5 heteroatoms. The largest absolute Gasteiger partial charge is 0.325 e. The van der Waals surface area contributed by atoms with Gasteiger partial charge in [-0.2, -0.15) is 0 Å². The van der Waals surface area contributed by atoms with Gasteiger partial charge in [0.2, 0.25) is 5.91 Å². The summed E-state index contributed by atoms with van der Waals surface area (Å²) in [5, 5.41) is 2.60. The van der Waals surface area contributed by atoms with Gasteiger partial charge < -0.3 is 5.32 Å². The van der Waals surface area contributed by atoms with Gasteiger partial charge in [-0.05, 0) is 30.9 Å². The molecule has 0 aromatic heterocycles. The van der Waals surface area contributed by atoms with E-state index in [1.54, 1.807) is 24.3 Å². The predicted molar refractivity (Wildman–Crippen MR) is 75.7 cm³/mol. The smallest absolute Gasteiger partial charge is 0.239 e. The summed E-state index contributed by atoms with van der Waals surface area (Å²) in [5.74, 6) is -0.480. The van der Waals surface area contributed by atoms with Crippen LogP contribution in [0.2, 0.25) is 0 Å². The normalized spacial score (nSPS) is 16.4. The van der Waals surface area contributed by atoms with Gasteiger partial charge >= 0.3 is 0 Å². The standard InChI is InChI=1S/C14H19NO3S/c16-14(15-13-8-2-1-3-9-13)11-19(17,18)10-12-6-4-5-7-12/h1-3,8-9,12H,4-7,10-11H2,(H,15,16). The van der Waals surface area contributed by atoms with Crippen molar-refractivity contribution in [1.29, 1.82) is 0 Å². The minimum Gasteiger partial charge on any atom is -0.325 e. The molecule has 1 N–H and O–H groups in total. The number of nitrogens with one attached hydrogen (secondary N) is 1. The van der Waals surface area contributed by atoms with Crippen LogP contribution in [0.3, 0.4) is 0 Å². The van der Waals surface area contributed by atoms with Crippen LogP contribution in [0.15, 0.2) is 30.3 Å². The second-order valence-corrected chi connectivity index (χ2v) is 7.23. The zero-order valence-electron chi connectivity index (χ0n) is 10.8. The molecule has 1 aliphatic rings. The molecule has 1 fully saturated rings. The lowest BCUT2D eigenvalue weighted by Crippen LogP contribution is -2.26.